The molecule has 0 aliphatic carbocycles. The Hall–Kier alpha value is -2.55. The molecule has 3 aromatic rings. The number of ether oxygens (including phenoxy) is 1. The van der Waals surface area contributed by atoms with Crippen molar-refractivity contribution in [3.05, 3.63) is 102 Å². The second-order valence-corrected chi connectivity index (χ2v) is 6.80. The van der Waals surface area contributed by atoms with Crippen LogP contribution < -0.4 is 4.74 Å². The minimum Gasteiger partial charge on any atom is -0.458 e. The third-order valence-electron chi connectivity index (χ3n) is 4.35. The van der Waals surface area contributed by atoms with Crippen molar-refractivity contribution < 1.29 is 9.84 Å². The van der Waals surface area contributed by atoms with Crippen LogP contribution in [-0.2, 0) is 0 Å². The molecule has 0 aromatic heterocycles. The summed E-state index contributed by atoms with van der Waals surface area (Å²) in [5.41, 5.74) is 3.62. The molecular formula is C24H23ClO2. The third kappa shape index (κ3) is 4.79. The number of para-hydroxylation sites is 1. The summed E-state index contributed by atoms with van der Waals surface area (Å²) in [4.78, 5) is 0. The van der Waals surface area contributed by atoms with Gasteiger partial charge in [0.25, 0.3) is 0 Å². The van der Waals surface area contributed by atoms with E-state index in [0.29, 0.717) is 18.1 Å². The van der Waals surface area contributed by atoms with Crippen LogP contribution in [0.5, 0.6) is 5.75 Å². The fourth-order valence-corrected chi connectivity index (χ4v) is 3.43. The van der Waals surface area contributed by atoms with Crippen molar-refractivity contribution in [2.45, 2.75) is 19.1 Å². The molecule has 27 heavy (non-hydrogen) atoms. The molecule has 0 heterocycles. The largest absolute Gasteiger partial charge is 0.458 e. The zero-order valence-corrected chi connectivity index (χ0v) is 16.1. The number of halogens is 1. The van der Waals surface area contributed by atoms with Crippen LogP contribution in [0, 0.1) is 0 Å². The van der Waals surface area contributed by atoms with Crippen LogP contribution in [0.25, 0.3) is 11.1 Å². The molecule has 1 atom stereocenters. The van der Waals surface area contributed by atoms with Gasteiger partial charge in [-0.2, -0.15) is 0 Å². The lowest BCUT2D eigenvalue weighted by molar-refractivity contribution is -0.0675. The number of aliphatic hydroxyl groups is 1. The lowest BCUT2D eigenvalue weighted by atomic mass is 9.88. The number of hydrogen-bond donors (Lipinski definition) is 1. The van der Waals surface area contributed by atoms with Gasteiger partial charge in [-0.25, -0.2) is 0 Å². The minimum atomic E-state index is -1.53. The monoisotopic (exact) mass is 378 g/mol. The molecule has 1 unspecified atom stereocenters. The summed E-state index contributed by atoms with van der Waals surface area (Å²) in [5.74, 6) is -0.476. The highest BCUT2D eigenvalue weighted by molar-refractivity contribution is 6.18. The first-order valence-electron chi connectivity index (χ1n) is 8.98. The molecule has 2 nitrogen and oxygen atoms in total. The summed E-state index contributed by atoms with van der Waals surface area (Å²) in [6, 6.07) is 29.2. The number of rotatable bonds is 7. The number of allylic oxidation sites excluding steroid dienone is 1. The molecule has 3 rings (SSSR count). The first kappa shape index (κ1) is 19.2. The van der Waals surface area contributed by atoms with E-state index < -0.39 is 5.79 Å². The van der Waals surface area contributed by atoms with Crippen LogP contribution in [0.2, 0.25) is 0 Å². The topological polar surface area (TPSA) is 29.5 Å². The quantitative estimate of drug-likeness (QED) is 0.309. The first-order valence-corrected chi connectivity index (χ1v) is 9.52. The third-order valence-corrected chi connectivity index (χ3v) is 4.54. The van der Waals surface area contributed by atoms with E-state index in [9.17, 15) is 5.11 Å². The van der Waals surface area contributed by atoms with Crippen molar-refractivity contribution in [1.29, 1.82) is 0 Å². The van der Waals surface area contributed by atoms with Crippen molar-refractivity contribution >= 4 is 22.7 Å². The Morgan fingerprint density at radius 1 is 0.815 bits per heavy atom. The van der Waals surface area contributed by atoms with Crippen LogP contribution in [0.4, 0.5) is 0 Å². The molecule has 0 saturated carbocycles. The van der Waals surface area contributed by atoms with E-state index in [4.69, 9.17) is 16.3 Å². The Bertz CT molecular complexity index is 872. The number of alkyl halides is 1. The second-order valence-electron chi connectivity index (χ2n) is 6.42. The molecule has 0 aliphatic heterocycles. The van der Waals surface area contributed by atoms with Gasteiger partial charge in [0.05, 0.1) is 0 Å². The fraction of sp³-hybridized carbons (Fsp3) is 0.167. The van der Waals surface area contributed by atoms with Gasteiger partial charge in [0.1, 0.15) is 5.75 Å². The van der Waals surface area contributed by atoms with Crippen LogP contribution in [0.15, 0.2) is 91.0 Å². The van der Waals surface area contributed by atoms with E-state index in [-0.39, 0.29) is 0 Å². The van der Waals surface area contributed by atoms with Gasteiger partial charge in [0, 0.05) is 18.4 Å². The molecule has 3 heteroatoms. The number of benzene rings is 3. The minimum absolute atomic E-state index is 0.446. The molecule has 0 aliphatic rings. The summed E-state index contributed by atoms with van der Waals surface area (Å²) in [5, 5.41) is 11.4. The predicted octanol–water partition coefficient (Wildman–Crippen LogP) is 6.01. The first-order chi connectivity index (χ1) is 13.1. The predicted molar refractivity (Wildman–Crippen MR) is 113 cm³/mol. The lowest BCUT2D eigenvalue weighted by Gasteiger charge is -2.31. The average molecular weight is 379 g/mol. The van der Waals surface area contributed by atoms with E-state index in [1.54, 1.807) is 6.92 Å². The summed E-state index contributed by atoms with van der Waals surface area (Å²) >= 11 is 6.13. The zero-order chi connectivity index (χ0) is 19.1. The summed E-state index contributed by atoms with van der Waals surface area (Å²) in [6.07, 6.45) is 0.615. The fourth-order valence-electron chi connectivity index (χ4n) is 3.24. The van der Waals surface area contributed by atoms with Gasteiger partial charge < -0.3 is 9.84 Å². The molecule has 0 spiro atoms. The van der Waals surface area contributed by atoms with Crippen molar-refractivity contribution in [2.75, 3.05) is 5.88 Å². The maximum atomic E-state index is 11.4. The van der Waals surface area contributed by atoms with E-state index in [1.165, 1.54) is 0 Å². The molecule has 0 bridgehead atoms. The Morgan fingerprint density at radius 3 is 1.81 bits per heavy atom. The smallest absolute Gasteiger partial charge is 0.232 e. The normalized spacial score (nSPS) is 14.2. The zero-order valence-electron chi connectivity index (χ0n) is 15.3. The Morgan fingerprint density at radius 2 is 1.30 bits per heavy atom. The van der Waals surface area contributed by atoms with Crippen molar-refractivity contribution in [2.24, 2.45) is 0 Å². The maximum absolute atomic E-state index is 11.4. The Balaban J connectivity index is 2.18. The highest BCUT2D eigenvalue weighted by atomic mass is 35.5. The van der Waals surface area contributed by atoms with Gasteiger partial charge in [0.15, 0.2) is 0 Å². The Kier molecular flexibility index (Phi) is 6.33. The molecule has 3 aromatic carbocycles. The second kappa shape index (κ2) is 8.90. The molecule has 1 N–H and O–H groups in total. The standard InChI is InChI=1S/C24H23ClO2/c1-24(26,27-21-15-9-4-10-16-21)23(20-13-7-3-8-14-20)22(17-18-25)19-11-5-2-6-12-19/h2-16,26H,17-18H2,1H3. The highest BCUT2D eigenvalue weighted by Gasteiger charge is 2.32. The molecule has 0 amide bonds. The Labute approximate surface area is 165 Å². The summed E-state index contributed by atoms with van der Waals surface area (Å²) in [7, 11) is 0. The van der Waals surface area contributed by atoms with Crippen molar-refractivity contribution in [3.63, 3.8) is 0 Å². The lowest BCUT2D eigenvalue weighted by Crippen LogP contribution is -2.34. The molecule has 138 valence electrons. The van der Waals surface area contributed by atoms with E-state index in [2.05, 4.69) is 0 Å². The van der Waals surface area contributed by atoms with E-state index in [0.717, 1.165) is 22.3 Å². The van der Waals surface area contributed by atoms with Crippen LogP contribution in [0.1, 0.15) is 24.5 Å². The molecular weight excluding hydrogens is 356 g/mol. The molecule has 0 fully saturated rings. The SMILES string of the molecule is CC(O)(Oc1ccccc1)C(=C(CCCl)c1ccccc1)c1ccccc1. The maximum Gasteiger partial charge on any atom is 0.232 e. The van der Waals surface area contributed by atoms with Gasteiger partial charge in [-0.15, -0.1) is 11.6 Å². The number of hydrogen-bond acceptors (Lipinski definition) is 2. The van der Waals surface area contributed by atoms with E-state index >= 15 is 0 Å². The van der Waals surface area contributed by atoms with E-state index in [1.807, 2.05) is 91.0 Å². The van der Waals surface area contributed by atoms with Crippen molar-refractivity contribution in [1.82, 2.24) is 0 Å². The summed E-state index contributed by atoms with van der Waals surface area (Å²) in [6.45, 7) is 1.68. The van der Waals surface area contributed by atoms with Crippen LogP contribution in [0.3, 0.4) is 0 Å². The van der Waals surface area contributed by atoms with Gasteiger partial charge >= 0.3 is 0 Å². The van der Waals surface area contributed by atoms with Gasteiger partial charge in [-0.1, -0.05) is 78.9 Å². The highest BCUT2D eigenvalue weighted by Crippen LogP contribution is 2.38. The van der Waals surface area contributed by atoms with Crippen molar-refractivity contribution in [3.8, 4) is 5.75 Å². The van der Waals surface area contributed by atoms with Gasteiger partial charge in [-0.3, -0.25) is 0 Å². The van der Waals surface area contributed by atoms with Crippen LogP contribution in [-0.4, -0.2) is 16.8 Å². The van der Waals surface area contributed by atoms with Crippen LogP contribution >= 0.6 is 11.6 Å². The molecule has 0 radical (unpaired) electrons. The average Bonchev–Trinajstić information content (AvgIpc) is 2.69. The van der Waals surface area contributed by atoms with Gasteiger partial charge in [0.2, 0.25) is 5.79 Å². The van der Waals surface area contributed by atoms with Gasteiger partial charge in [-0.05, 0) is 35.3 Å². The molecule has 0 saturated heterocycles. The summed E-state index contributed by atoms with van der Waals surface area (Å²) < 4.78 is 6.02.